The van der Waals surface area contributed by atoms with Gasteiger partial charge in [0, 0.05) is 10.6 Å². The maximum absolute atomic E-state index is 9.16. The van der Waals surface area contributed by atoms with Gasteiger partial charge in [0.05, 0.1) is 11.6 Å². The molecule has 2 aromatic rings. The van der Waals surface area contributed by atoms with Crippen molar-refractivity contribution in [2.45, 2.75) is 10.6 Å². The molecule has 0 spiro atoms. The molecular formula is C14H11NOS. The largest absolute Gasteiger partial charge is 0.508 e. The first kappa shape index (κ1) is 11.6. The molecule has 0 unspecified atom stereocenters. The second-order valence-electron chi connectivity index (χ2n) is 3.59. The first-order valence-corrected chi connectivity index (χ1v) is 6.17. The average Bonchev–Trinajstić information content (AvgIpc) is 2.39. The molecule has 3 heteroatoms. The number of phenols is 1. The zero-order valence-corrected chi connectivity index (χ0v) is 9.95. The molecule has 0 bridgehead atoms. The Morgan fingerprint density at radius 3 is 2.24 bits per heavy atom. The topological polar surface area (TPSA) is 44.0 Å². The fourth-order valence-corrected chi connectivity index (χ4v) is 2.24. The standard InChI is InChI=1S/C14H11NOS/c15-9-11-1-3-12(4-2-11)10-17-14-7-5-13(16)6-8-14/h1-8,16H,10H2. The molecular weight excluding hydrogens is 230 g/mol. The van der Waals surface area contributed by atoms with Gasteiger partial charge < -0.3 is 5.11 Å². The molecule has 0 saturated carbocycles. The van der Waals surface area contributed by atoms with E-state index in [0.717, 1.165) is 10.6 Å². The van der Waals surface area contributed by atoms with E-state index in [-0.39, 0.29) is 5.75 Å². The summed E-state index contributed by atoms with van der Waals surface area (Å²) in [6, 6.07) is 16.8. The minimum Gasteiger partial charge on any atom is -0.508 e. The van der Waals surface area contributed by atoms with Gasteiger partial charge in [-0.25, -0.2) is 0 Å². The van der Waals surface area contributed by atoms with E-state index in [0.29, 0.717) is 5.56 Å². The molecule has 0 aliphatic rings. The van der Waals surface area contributed by atoms with Crippen molar-refractivity contribution in [3.05, 3.63) is 59.7 Å². The molecule has 0 aliphatic heterocycles. The summed E-state index contributed by atoms with van der Waals surface area (Å²) in [4.78, 5) is 1.12. The number of nitrogens with zero attached hydrogens (tertiary/aromatic N) is 1. The van der Waals surface area contributed by atoms with Crippen molar-refractivity contribution >= 4 is 11.8 Å². The zero-order valence-electron chi connectivity index (χ0n) is 9.13. The van der Waals surface area contributed by atoms with Crippen LogP contribution in [0.4, 0.5) is 0 Å². The predicted molar refractivity (Wildman–Crippen MR) is 68.8 cm³/mol. The number of hydrogen-bond acceptors (Lipinski definition) is 3. The van der Waals surface area contributed by atoms with Gasteiger partial charge in [-0.3, -0.25) is 0 Å². The van der Waals surface area contributed by atoms with E-state index in [2.05, 4.69) is 6.07 Å². The van der Waals surface area contributed by atoms with E-state index < -0.39 is 0 Å². The predicted octanol–water partition coefficient (Wildman–Crippen LogP) is 3.56. The van der Waals surface area contributed by atoms with Crippen LogP contribution in [-0.4, -0.2) is 5.11 Å². The quantitative estimate of drug-likeness (QED) is 0.836. The number of rotatable bonds is 3. The SMILES string of the molecule is N#Cc1ccc(CSc2ccc(O)cc2)cc1. The summed E-state index contributed by atoms with van der Waals surface area (Å²) in [6.45, 7) is 0. The fourth-order valence-electron chi connectivity index (χ4n) is 1.38. The first-order chi connectivity index (χ1) is 8.28. The second kappa shape index (κ2) is 5.42. The van der Waals surface area contributed by atoms with Crippen molar-refractivity contribution in [3.63, 3.8) is 0 Å². The van der Waals surface area contributed by atoms with Gasteiger partial charge in [-0.05, 0) is 42.0 Å². The average molecular weight is 241 g/mol. The van der Waals surface area contributed by atoms with Crippen LogP contribution in [0.15, 0.2) is 53.4 Å². The minimum atomic E-state index is 0.285. The van der Waals surface area contributed by atoms with Crippen LogP contribution in [0.1, 0.15) is 11.1 Å². The van der Waals surface area contributed by atoms with Crippen LogP contribution in [0.2, 0.25) is 0 Å². The van der Waals surface area contributed by atoms with E-state index >= 15 is 0 Å². The van der Waals surface area contributed by atoms with Gasteiger partial charge in [0.1, 0.15) is 5.75 Å². The Kier molecular flexibility index (Phi) is 3.69. The Morgan fingerprint density at radius 2 is 1.65 bits per heavy atom. The van der Waals surface area contributed by atoms with Crippen LogP contribution in [0.3, 0.4) is 0 Å². The highest BCUT2D eigenvalue weighted by molar-refractivity contribution is 7.98. The molecule has 2 rings (SSSR count). The van der Waals surface area contributed by atoms with E-state index in [4.69, 9.17) is 10.4 Å². The van der Waals surface area contributed by atoms with Crippen LogP contribution in [0.5, 0.6) is 5.75 Å². The number of nitriles is 1. The van der Waals surface area contributed by atoms with Gasteiger partial charge in [-0.15, -0.1) is 11.8 Å². The summed E-state index contributed by atoms with van der Waals surface area (Å²) < 4.78 is 0. The molecule has 2 nitrogen and oxygen atoms in total. The smallest absolute Gasteiger partial charge is 0.115 e. The van der Waals surface area contributed by atoms with E-state index in [1.807, 2.05) is 36.4 Å². The number of aromatic hydroxyl groups is 1. The van der Waals surface area contributed by atoms with Crippen LogP contribution in [0.25, 0.3) is 0 Å². The van der Waals surface area contributed by atoms with Crippen molar-refractivity contribution in [2.75, 3.05) is 0 Å². The lowest BCUT2D eigenvalue weighted by atomic mass is 10.2. The van der Waals surface area contributed by atoms with Gasteiger partial charge in [-0.1, -0.05) is 12.1 Å². The lowest BCUT2D eigenvalue weighted by Crippen LogP contribution is -1.81. The molecule has 84 valence electrons. The van der Waals surface area contributed by atoms with Crippen molar-refractivity contribution in [3.8, 4) is 11.8 Å². The highest BCUT2D eigenvalue weighted by Gasteiger charge is 1.97. The summed E-state index contributed by atoms with van der Waals surface area (Å²) in [5.41, 5.74) is 1.87. The second-order valence-corrected chi connectivity index (χ2v) is 4.64. The molecule has 0 aliphatic carbocycles. The minimum absolute atomic E-state index is 0.285. The Bertz CT molecular complexity index is 526. The Balaban J connectivity index is 1.98. The molecule has 0 saturated heterocycles. The molecule has 0 amide bonds. The van der Waals surface area contributed by atoms with E-state index in [1.165, 1.54) is 5.56 Å². The maximum Gasteiger partial charge on any atom is 0.115 e. The Labute approximate surface area is 105 Å². The summed E-state index contributed by atoms with van der Waals surface area (Å²) in [7, 11) is 0. The van der Waals surface area contributed by atoms with E-state index in [9.17, 15) is 0 Å². The molecule has 1 N–H and O–H groups in total. The van der Waals surface area contributed by atoms with Crippen molar-refractivity contribution < 1.29 is 5.11 Å². The lowest BCUT2D eigenvalue weighted by Gasteiger charge is -2.02. The third-order valence-electron chi connectivity index (χ3n) is 2.33. The monoisotopic (exact) mass is 241 g/mol. The normalized spacial score (nSPS) is 9.82. The van der Waals surface area contributed by atoms with Crippen LogP contribution in [-0.2, 0) is 5.75 Å². The van der Waals surface area contributed by atoms with Gasteiger partial charge in [0.15, 0.2) is 0 Å². The van der Waals surface area contributed by atoms with Gasteiger partial charge in [0.25, 0.3) is 0 Å². The van der Waals surface area contributed by atoms with Crippen LogP contribution < -0.4 is 0 Å². The third kappa shape index (κ3) is 3.27. The van der Waals surface area contributed by atoms with Crippen LogP contribution in [0, 0.1) is 11.3 Å². The highest BCUT2D eigenvalue weighted by Crippen LogP contribution is 2.24. The summed E-state index contributed by atoms with van der Waals surface area (Å²) >= 11 is 1.70. The summed E-state index contributed by atoms with van der Waals surface area (Å²) in [6.07, 6.45) is 0. The van der Waals surface area contributed by atoms with Crippen molar-refractivity contribution in [2.24, 2.45) is 0 Å². The number of thioether (sulfide) groups is 1. The van der Waals surface area contributed by atoms with Crippen LogP contribution >= 0.6 is 11.8 Å². The van der Waals surface area contributed by atoms with Crippen molar-refractivity contribution in [1.82, 2.24) is 0 Å². The summed E-state index contributed by atoms with van der Waals surface area (Å²) in [5.74, 6) is 1.14. The Hall–Kier alpha value is -1.92. The van der Waals surface area contributed by atoms with Gasteiger partial charge in [-0.2, -0.15) is 5.26 Å². The molecule has 0 radical (unpaired) electrons. The molecule has 0 fully saturated rings. The first-order valence-electron chi connectivity index (χ1n) is 5.19. The maximum atomic E-state index is 9.16. The molecule has 2 aromatic carbocycles. The van der Waals surface area contributed by atoms with E-state index in [1.54, 1.807) is 23.9 Å². The van der Waals surface area contributed by atoms with Crippen molar-refractivity contribution in [1.29, 1.82) is 5.26 Å². The molecule has 0 aromatic heterocycles. The number of benzene rings is 2. The molecule has 0 heterocycles. The third-order valence-corrected chi connectivity index (χ3v) is 3.41. The lowest BCUT2D eigenvalue weighted by molar-refractivity contribution is 0.475. The molecule has 17 heavy (non-hydrogen) atoms. The summed E-state index contributed by atoms with van der Waals surface area (Å²) in [5, 5.41) is 17.8. The Morgan fingerprint density at radius 1 is 1.00 bits per heavy atom. The number of phenolic OH excluding ortho intramolecular Hbond substituents is 1. The number of hydrogen-bond donors (Lipinski definition) is 1. The van der Waals surface area contributed by atoms with Gasteiger partial charge >= 0.3 is 0 Å². The highest BCUT2D eigenvalue weighted by atomic mass is 32.2. The fraction of sp³-hybridized carbons (Fsp3) is 0.0714. The molecule has 0 atom stereocenters. The zero-order chi connectivity index (χ0) is 12.1. The van der Waals surface area contributed by atoms with Gasteiger partial charge in [0.2, 0.25) is 0 Å².